The van der Waals surface area contributed by atoms with E-state index in [1.165, 1.54) is 9.80 Å². The minimum Gasteiger partial charge on any atom is -0.480 e. The third kappa shape index (κ3) is 4.97. The van der Waals surface area contributed by atoms with E-state index in [1.54, 1.807) is 12.1 Å². The SMILES string of the molecule is CCCOC(=O)N1c2ccccc2C[C@@H]1C(=O)N(CCc1ccccc1)CC(=O)O. The molecule has 1 N–H and O–H groups in total. The van der Waals surface area contributed by atoms with Gasteiger partial charge in [-0.05, 0) is 30.0 Å². The molecule has 158 valence electrons. The van der Waals surface area contributed by atoms with Gasteiger partial charge in [-0.2, -0.15) is 0 Å². The predicted octanol–water partition coefficient (Wildman–Crippen LogP) is 3.12. The first-order chi connectivity index (χ1) is 14.5. The van der Waals surface area contributed by atoms with E-state index in [2.05, 4.69) is 0 Å². The largest absolute Gasteiger partial charge is 0.480 e. The Morgan fingerprint density at radius 1 is 1.10 bits per heavy atom. The average molecular weight is 410 g/mol. The Balaban J connectivity index is 1.82. The molecule has 0 aliphatic carbocycles. The van der Waals surface area contributed by atoms with E-state index < -0.39 is 30.6 Å². The lowest BCUT2D eigenvalue weighted by atomic mass is 10.1. The number of benzene rings is 2. The third-order valence-electron chi connectivity index (χ3n) is 5.04. The molecule has 0 fully saturated rings. The molecule has 1 aliphatic rings. The molecule has 2 aromatic carbocycles. The van der Waals surface area contributed by atoms with Crippen molar-refractivity contribution in [3.05, 3.63) is 65.7 Å². The van der Waals surface area contributed by atoms with E-state index in [0.717, 1.165) is 11.1 Å². The number of fused-ring (bicyclic) bond motifs is 1. The number of nitrogens with zero attached hydrogens (tertiary/aromatic N) is 2. The number of para-hydroxylation sites is 1. The number of hydrogen-bond acceptors (Lipinski definition) is 4. The fourth-order valence-corrected chi connectivity index (χ4v) is 3.62. The Kier molecular flexibility index (Phi) is 7.06. The quantitative estimate of drug-likeness (QED) is 0.723. The summed E-state index contributed by atoms with van der Waals surface area (Å²) in [6, 6.07) is 16.1. The fourth-order valence-electron chi connectivity index (χ4n) is 3.62. The van der Waals surface area contributed by atoms with Crippen molar-refractivity contribution in [2.24, 2.45) is 0 Å². The van der Waals surface area contributed by atoms with Gasteiger partial charge in [0.25, 0.3) is 0 Å². The standard InChI is InChI=1S/C23H26N2O5/c1-2-14-30-23(29)25-19-11-7-6-10-18(19)15-20(25)22(28)24(16-21(26)27)13-12-17-8-4-3-5-9-17/h3-11,20H,2,12-16H2,1H3,(H,26,27)/t20-/m1/s1. The van der Waals surface area contributed by atoms with Crippen molar-refractivity contribution in [1.29, 1.82) is 0 Å². The first-order valence-corrected chi connectivity index (χ1v) is 10.1. The number of hydrogen-bond donors (Lipinski definition) is 1. The number of anilines is 1. The van der Waals surface area contributed by atoms with Crippen molar-refractivity contribution < 1.29 is 24.2 Å². The summed E-state index contributed by atoms with van der Waals surface area (Å²) in [6.07, 6.45) is 0.943. The second kappa shape index (κ2) is 9.91. The highest BCUT2D eigenvalue weighted by atomic mass is 16.6. The van der Waals surface area contributed by atoms with Gasteiger partial charge in [0.15, 0.2) is 0 Å². The zero-order valence-corrected chi connectivity index (χ0v) is 17.0. The van der Waals surface area contributed by atoms with Gasteiger partial charge >= 0.3 is 12.1 Å². The molecule has 1 heterocycles. The molecule has 0 radical (unpaired) electrons. The van der Waals surface area contributed by atoms with Crippen LogP contribution in [0, 0.1) is 0 Å². The van der Waals surface area contributed by atoms with Crippen molar-refractivity contribution in [3.63, 3.8) is 0 Å². The van der Waals surface area contributed by atoms with Crippen LogP contribution in [-0.2, 0) is 27.2 Å². The molecule has 0 saturated carbocycles. The average Bonchev–Trinajstić information content (AvgIpc) is 3.14. The topological polar surface area (TPSA) is 87.2 Å². The molecule has 30 heavy (non-hydrogen) atoms. The Hall–Kier alpha value is -3.35. The molecule has 0 bridgehead atoms. The third-order valence-corrected chi connectivity index (χ3v) is 5.04. The van der Waals surface area contributed by atoms with Gasteiger partial charge in [-0.25, -0.2) is 4.79 Å². The summed E-state index contributed by atoms with van der Waals surface area (Å²) in [4.78, 5) is 40.2. The van der Waals surface area contributed by atoms with Gasteiger partial charge in [0.2, 0.25) is 5.91 Å². The number of ether oxygens (including phenoxy) is 1. The molecular formula is C23H26N2O5. The zero-order valence-electron chi connectivity index (χ0n) is 17.0. The Bertz CT molecular complexity index is 899. The summed E-state index contributed by atoms with van der Waals surface area (Å²) < 4.78 is 5.30. The highest BCUT2D eigenvalue weighted by Crippen LogP contribution is 2.33. The number of carbonyl (C=O) groups excluding carboxylic acids is 2. The minimum atomic E-state index is -1.09. The van der Waals surface area contributed by atoms with E-state index in [1.807, 2.05) is 49.4 Å². The van der Waals surface area contributed by atoms with E-state index in [9.17, 15) is 19.5 Å². The summed E-state index contributed by atoms with van der Waals surface area (Å²) in [5.74, 6) is -1.48. The monoisotopic (exact) mass is 410 g/mol. The second-order valence-corrected chi connectivity index (χ2v) is 7.22. The van der Waals surface area contributed by atoms with Crippen LogP contribution < -0.4 is 4.90 Å². The predicted molar refractivity (Wildman–Crippen MR) is 112 cm³/mol. The molecule has 0 aromatic heterocycles. The van der Waals surface area contributed by atoms with Crippen LogP contribution in [-0.4, -0.2) is 53.7 Å². The number of carboxylic acids is 1. The van der Waals surface area contributed by atoms with Gasteiger partial charge in [-0.1, -0.05) is 55.5 Å². The molecule has 7 nitrogen and oxygen atoms in total. The summed E-state index contributed by atoms with van der Waals surface area (Å²) in [7, 11) is 0. The molecule has 7 heteroatoms. The van der Waals surface area contributed by atoms with E-state index in [4.69, 9.17) is 4.74 Å². The molecule has 1 atom stereocenters. The van der Waals surface area contributed by atoms with Crippen LogP contribution in [0.25, 0.3) is 0 Å². The first-order valence-electron chi connectivity index (χ1n) is 10.1. The summed E-state index contributed by atoms with van der Waals surface area (Å²) in [5, 5.41) is 9.34. The maximum atomic E-state index is 13.4. The lowest BCUT2D eigenvalue weighted by molar-refractivity contribution is -0.144. The number of carboxylic acid groups (broad SMARTS) is 1. The van der Waals surface area contributed by atoms with Crippen LogP contribution in [0.15, 0.2) is 54.6 Å². The summed E-state index contributed by atoms with van der Waals surface area (Å²) in [6.45, 7) is 1.98. The molecule has 0 spiro atoms. The fraction of sp³-hybridized carbons (Fsp3) is 0.348. The van der Waals surface area contributed by atoms with Gasteiger partial charge in [0.05, 0.1) is 12.3 Å². The van der Waals surface area contributed by atoms with Gasteiger partial charge in [0, 0.05) is 13.0 Å². The van der Waals surface area contributed by atoms with Gasteiger partial charge in [-0.3, -0.25) is 14.5 Å². The number of aliphatic carboxylic acids is 1. The lowest BCUT2D eigenvalue weighted by Gasteiger charge is -2.29. The minimum absolute atomic E-state index is 0.250. The van der Waals surface area contributed by atoms with Crippen LogP contribution in [0.5, 0.6) is 0 Å². The lowest BCUT2D eigenvalue weighted by Crippen LogP contribution is -2.51. The Labute approximate surface area is 175 Å². The highest BCUT2D eigenvalue weighted by Gasteiger charge is 2.41. The second-order valence-electron chi connectivity index (χ2n) is 7.22. The normalized spacial score (nSPS) is 14.8. The smallest absolute Gasteiger partial charge is 0.415 e. The van der Waals surface area contributed by atoms with Crippen molar-refractivity contribution >= 4 is 23.7 Å². The van der Waals surface area contributed by atoms with E-state index >= 15 is 0 Å². The molecule has 2 amide bonds. The van der Waals surface area contributed by atoms with Crippen molar-refractivity contribution in [2.45, 2.75) is 32.2 Å². The molecular weight excluding hydrogens is 384 g/mol. The zero-order chi connectivity index (χ0) is 21.5. The molecule has 0 saturated heterocycles. The van der Waals surface area contributed by atoms with Crippen molar-refractivity contribution in [2.75, 3.05) is 24.6 Å². The van der Waals surface area contributed by atoms with E-state index in [-0.39, 0.29) is 13.2 Å². The van der Waals surface area contributed by atoms with Crippen molar-refractivity contribution in [1.82, 2.24) is 4.90 Å². The Morgan fingerprint density at radius 2 is 1.80 bits per heavy atom. The van der Waals surface area contributed by atoms with Gasteiger partial charge < -0.3 is 14.7 Å². The number of amides is 2. The molecule has 1 aliphatic heterocycles. The van der Waals surface area contributed by atoms with Crippen LogP contribution >= 0.6 is 0 Å². The molecule has 2 aromatic rings. The van der Waals surface area contributed by atoms with Gasteiger partial charge in [0.1, 0.15) is 12.6 Å². The van der Waals surface area contributed by atoms with E-state index in [0.29, 0.717) is 24.9 Å². The summed E-state index contributed by atoms with van der Waals surface area (Å²) >= 11 is 0. The van der Waals surface area contributed by atoms with Crippen LogP contribution in [0.2, 0.25) is 0 Å². The van der Waals surface area contributed by atoms with Crippen LogP contribution in [0.3, 0.4) is 0 Å². The summed E-state index contributed by atoms with van der Waals surface area (Å²) in [5.41, 5.74) is 2.51. The number of carbonyl (C=O) groups is 3. The Morgan fingerprint density at radius 3 is 2.50 bits per heavy atom. The van der Waals surface area contributed by atoms with Crippen LogP contribution in [0.4, 0.5) is 10.5 Å². The number of rotatable bonds is 8. The molecule has 3 rings (SSSR count). The highest BCUT2D eigenvalue weighted by molar-refractivity contribution is 6.01. The van der Waals surface area contributed by atoms with Crippen LogP contribution in [0.1, 0.15) is 24.5 Å². The maximum absolute atomic E-state index is 13.4. The van der Waals surface area contributed by atoms with Gasteiger partial charge in [-0.15, -0.1) is 0 Å². The molecule has 0 unspecified atom stereocenters. The maximum Gasteiger partial charge on any atom is 0.415 e. The van der Waals surface area contributed by atoms with Crippen molar-refractivity contribution in [3.8, 4) is 0 Å². The first kappa shape index (κ1) is 21.4.